The third-order valence-corrected chi connectivity index (χ3v) is 4.26. The molecule has 3 aromatic carbocycles. The largest absolute Gasteiger partial charge is 0.508 e. The second-order valence-corrected chi connectivity index (χ2v) is 5.92. The van der Waals surface area contributed by atoms with Crippen molar-refractivity contribution in [2.45, 2.75) is 26.2 Å². The zero-order valence-electron chi connectivity index (χ0n) is 13.5. The Morgan fingerprint density at radius 3 is 1.78 bits per heavy atom. The molecule has 0 unspecified atom stereocenters. The second kappa shape index (κ2) is 7.15. The molecule has 0 atom stereocenters. The maximum Gasteiger partial charge on any atom is 0.115 e. The lowest BCUT2D eigenvalue weighted by atomic mass is 9.99. The average Bonchev–Trinajstić information content (AvgIpc) is 2.61. The number of aryl methyl sites for hydroxylation is 3. The van der Waals surface area contributed by atoms with Crippen LogP contribution >= 0.6 is 0 Å². The van der Waals surface area contributed by atoms with E-state index in [-0.39, 0.29) is 0 Å². The van der Waals surface area contributed by atoms with Crippen LogP contribution in [0.2, 0.25) is 0 Å². The van der Waals surface area contributed by atoms with E-state index in [1.165, 1.54) is 27.8 Å². The maximum absolute atomic E-state index is 9.51. The molecule has 3 rings (SSSR count). The van der Waals surface area contributed by atoms with Crippen molar-refractivity contribution in [1.82, 2.24) is 0 Å². The molecule has 0 heterocycles. The first kappa shape index (κ1) is 15.4. The summed E-state index contributed by atoms with van der Waals surface area (Å²) in [5.74, 6) is 0.341. The summed E-state index contributed by atoms with van der Waals surface area (Å²) in [6.07, 6.45) is 3.01. The van der Waals surface area contributed by atoms with Crippen LogP contribution in [0.25, 0.3) is 11.1 Å². The van der Waals surface area contributed by atoms with Gasteiger partial charge >= 0.3 is 0 Å². The average molecular weight is 302 g/mol. The van der Waals surface area contributed by atoms with E-state index in [0.29, 0.717) is 5.75 Å². The summed E-state index contributed by atoms with van der Waals surface area (Å²) in [5.41, 5.74) is 6.39. The quantitative estimate of drug-likeness (QED) is 0.668. The zero-order valence-corrected chi connectivity index (χ0v) is 13.5. The van der Waals surface area contributed by atoms with Crippen molar-refractivity contribution in [2.75, 3.05) is 0 Å². The first-order valence-electron chi connectivity index (χ1n) is 8.21. The monoisotopic (exact) mass is 302 g/mol. The Morgan fingerprint density at radius 1 is 0.652 bits per heavy atom. The van der Waals surface area contributed by atoms with E-state index in [4.69, 9.17) is 0 Å². The molecule has 0 radical (unpaired) electrons. The van der Waals surface area contributed by atoms with Gasteiger partial charge in [-0.25, -0.2) is 0 Å². The van der Waals surface area contributed by atoms with E-state index < -0.39 is 0 Å². The molecule has 23 heavy (non-hydrogen) atoms. The highest BCUT2D eigenvalue weighted by atomic mass is 16.3. The lowest BCUT2D eigenvalue weighted by Gasteiger charge is -2.06. The Balaban J connectivity index is 1.66. The van der Waals surface area contributed by atoms with Gasteiger partial charge in [0.2, 0.25) is 0 Å². The number of rotatable bonds is 5. The van der Waals surface area contributed by atoms with Gasteiger partial charge in [0.15, 0.2) is 0 Å². The van der Waals surface area contributed by atoms with Crippen molar-refractivity contribution in [3.63, 3.8) is 0 Å². The molecule has 3 aromatic rings. The summed E-state index contributed by atoms with van der Waals surface area (Å²) in [5, 5.41) is 9.51. The van der Waals surface area contributed by atoms with Gasteiger partial charge in [0, 0.05) is 0 Å². The molecule has 0 aliphatic rings. The van der Waals surface area contributed by atoms with Gasteiger partial charge in [-0.1, -0.05) is 67.6 Å². The van der Waals surface area contributed by atoms with Crippen LogP contribution < -0.4 is 0 Å². The van der Waals surface area contributed by atoms with Crippen LogP contribution in [0, 0.1) is 0 Å². The Kier molecular flexibility index (Phi) is 4.77. The van der Waals surface area contributed by atoms with Gasteiger partial charge in [0.25, 0.3) is 0 Å². The minimum Gasteiger partial charge on any atom is -0.508 e. The molecule has 0 amide bonds. The molecular weight excluding hydrogens is 280 g/mol. The molecule has 0 spiro atoms. The van der Waals surface area contributed by atoms with E-state index in [9.17, 15) is 5.11 Å². The third kappa shape index (κ3) is 4.01. The highest BCUT2D eigenvalue weighted by Gasteiger charge is 2.00. The van der Waals surface area contributed by atoms with Crippen LogP contribution in [0.1, 0.15) is 23.6 Å². The van der Waals surface area contributed by atoms with Gasteiger partial charge in [-0.2, -0.15) is 0 Å². The van der Waals surface area contributed by atoms with Gasteiger partial charge in [0.05, 0.1) is 0 Å². The lowest BCUT2D eigenvalue weighted by molar-refractivity contribution is 0.474. The Morgan fingerprint density at radius 2 is 1.22 bits per heavy atom. The van der Waals surface area contributed by atoms with Crippen LogP contribution in [0.5, 0.6) is 5.75 Å². The second-order valence-electron chi connectivity index (χ2n) is 5.92. The van der Waals surface area contributed by atoms with Gasteiger partial charge in [-0.15, -0.1) is 0 Å². The molecule has 0 aliphatic carbocycles. The summed E-state index contributed by atoms with van der Waals surface area (Å²) in [6.45, 7) is 2.18. The zero-order chi connectivity index (χ0) is 16.1. The molecule has 116 valence electrons. The maximum atomic E-state index is 9.51. The van der Waals surface area contributed by atoms with Crippen molar-refractivity contribution in [3.8, 4) is 16.9 Å². The Labute approximate surface area is 138 Å². The minimum absolute atomic E-state index is 0.341. The van der Waals surface area contributed by atoms with Crippen LogP contribution in [-0.4, -0.2) is 5.11 Å². The number of hydrogen-bond donors (Lipinski definition) is 1. The van der Waals surface area contributed by atoms with Gasteiger partial charge in [-0.05, 0) is 59.2 Å². The summed E-state index contributed by atoms with van der Waals surface area (Å²) in [7, 11) is 0. The highest BCUT2D eigenvalue weighted by molar-refractivity contribution is 5.64. The summed E-state index contributed by atoms with van der Waals surface area (Å²) < 4.78 is 0. The minimum atomic E-state index is 0.341. The summed E-state index contributed by atoms with van der Waals surface area (Å²) in [4.78, 5) is 0. The number of hydrogen-bond acceptors (Lipinski definition) is 1. The van der Waals surface area contributed by atoms with E-state index >= 15 is 0 Å². The highest BCUT2D eigenvalue weighted by Crippen LogP contribution is 2.21. The first-order valence-corrected chi connectivity index (χ1v) is 8.21. The first-order chi connectivity index (χ1) is 11.2. The van der Waals surface area contributed by atoms with Crippen LogP contribution in [0.3, 0.4) is 0 Å². The Bertz CT molecular complexity index is 755. The standard InChI is InChI=1S/C22H22O/c1-2-17-8-12-20(13-9-17)21-14-10-18(11-15-21)6-7-19-4-3-5-22(23)16-19/h3-5,8-16,23H,2,6-7H2,1H3. The summed E-state index contributed by atoms with van der Waals surface area (Å²) in [6, 6.07) is 25.1. The number of phenolic OH excluding ortho intramolecular Hbond substituents is 1. The fourth-order valence-corrected chi connectivity index (χ4v) is 2.80. The molecule has 0 fully saturated rings. The van der Waals surface area contributed by atoms with Gasteiger partial charge in [-0.3, -0.25) is 0 Å². The van der Waals surface area contributed by atoms with Crippen molar-refractivity contribution in [3.05, 3.63) is 89.5 Å². The van der Waals surface area contributed by atoms with E-state index in [2.05, 4.69) is 61.5 Å². The van der Waals surface area contributed by atoms with E-state index in [1.807, 2.05) is 12.1 Å². The third-order valence-electron chi connectivity index (χ3n) is 4.26. The fraction of sp³-hybridized carbons (Fsp3) is 0.182. The fourth-order valence-electron chi connectivity index (χ4n) is 2.80. The molecule has 1 N–H and O–H groups in total. The smallest absolute Gasteiger partial charge is 0.115 e. The predicted molar refractivity (Wildman–Crippen MR) is 96.8 cm³/mol. The van der Waals surface area contributed by atoms with Crippen molar-refractivity contribution in [2.24, 2.45) is 0 Å². The topological polar surface area (TPSA) is 20.2 Å². The molecule has 1 nitrogen and oxygen atoms in total. The molecule has 0 aliphatic heterocycles. The SMILES string of the molecule is CCc1ccc(-c2ccc(CCc3cccc(O)c3)cc2)cc1. The number of benzene rings is 3. The Hall–Kier alpha value is -2.54. The molecule has 0 bridgehead atoms. The van der Waals surface area contributed by atoms with Crippen molar-refractivity contribution < 1.29 is 5.11 Å². The normalized spacial score (nSPS) is 10.7. The van der Waals surface area contributed by atoms with Crippen molar-refractivity contribution >= 4 is 0 Å². The number of phenols is 1. The van der Waals surface area contributed by atoms with Crippen LogP contribution in [0.4, 0.5) is 0 Å². The molecule has 0 saturated carbocycles. The number of aromatic hydroxyl groups is 1. The van der Waals surface area contributed by atoms with Gasteiger partial charge in [0.1, 0.15) is 5.75 Å². The predicted octanol–water partition coefficient (Wildman–Crippen LogP) is 5.41. The van der Waals surface area contributed by atoms with Crippen LogP contribution in [0.15, 0.2) is 72.8 Å². The molecule has 1 heteroatoms. The van der Waals surface area contributed by atoms with Crippen molar-refractivity contribution in [1.29, 1.82) is 0 Å². The summed E-state index contributed by atoms with van der Waals surface area (Å²) >= 11 is 0. The lowest BCUT2D eigenvalue weighted by Crippen LogP contribution is -1.91. The molecule has 0 aromatic heterocycles. The van der Waals surface area contributed by atoms with Gasteiger partial charge < -0.3 is 5.11 Å². The van der Waals surface area contributed by atoms with E-state index in [1.54, 1.807) is 6.07 Å². The van der Waals surface area contributed by atoms with E-state index in [0.717, 1.165) is 19.3 Å². The molecular formula is C22H22O. The van der Waals surface area contributed by atoms with Crippen LogP contribution in [-0.2, 0) is 19.3 Å². The molecule has 0 saturated heterocycles.